The van der Waals surface area contributed by atoms with Crippen LogP contribution in [0.4, 0.5) is 5.69 Å². The number of anilines is 1. The Morgan fingerprint density at radius 3 is 2.91 bits per heavy atom. The van der Waals surface area contributed by atoms with Crippen LogP contribution in [0.3, 0.4) is 0 Å². The molecule has 0 saturated carbocycles. The van der Waals surface area contributed by atoms with Crippen LogP contribution in [0.5, 0.6) is 0 Å². The predicted octanol–water partition coefficient (Wildman–Crippen LogP) is 1.71. The number of nitrogens with zero attached hydrogens (tertiary/aromatic N) is 2. The largest absolute Gasteiger partial charge is 0.375 e. The van der Waals surface area contributed by atoms with E-state index >= 15 is 0 Å². The van der Waals surface area contributed by atoms with Crippen LogP contribution in [-0.2, 0) is 16.1 Å². The molecule has 0 fully saturated rings. The first-order valence-electron chi connectivity index (χ1n) is 6.23. The zero-order valence-electron chi connectivity index (χ0n) is 11.6. The Hall–Kier alpha value is -2.03. The van der Waals surface area contributed by atoms with Gasteiger partial charge in [-0.2, -0.15) is 0 Å². The Kier molecular flexibility index (Phi) is 5.82. The lowest BCUT2D eigenvalue weighted by atomic mass is 10.3. The summed E-state index contributed by atoms with van der Waals surface area (Å²) in [5, 5.41) is 14.2. The van der Waals surface area contributed by atoms with Gasteiger partial charge in [0.05, 0.1) is 6.54 Å². The van der Waals surface area contributed by atoms with Gasteiger partial charge in [-0.25, -0.2) is 0 Å². The van der Waals surface area contributed by atoms with E-state index < -0.39 is 0 Å². The lowest BCUT2D eigenvalue weighted by Crippen LogP contribution is -2.26. The van der Waals surface area contributed by atoms with E-state index in [1.807, 2.05) is 0 Å². The second-order valence-electron chi connectivity index (χ2n) is 4.18. The van der Waals surface area contributed by atoms with Gasteiger partial charge in [-0.15, -0.1) is 10.2 Å². The molecule has 0 aliphatic heterocycles. The molecule has 0 bridgehead atoms. The Morgan fingerprint density at radius 2 is 2.18 bits per heavy atom. The van der Waals surface area contributed by atoms with Gasteiger partial charge < -0.3 is 15.4 Å². The van der Waals surface area contributed by atoms with Crippen LogP contribution in [0.1, 0.15) is 14.8 Å². The Labute approximate surface area is 135 Å². The van der Waals surface area contributed by atoms with Gasteiger partial charge in [0, 0.05) is 17.8 Å². The molecule has 7 nitrogen and oxygen atoms in total. The number of hydrogen-bond donors (Lipinski definition) is 2. The number of hydrogen-bond acceptors (Lipinski definition) is 6. The number of aromatic nitrogens is 2. The maximum absolute atomic E-state index is 12.0. The molecule has 1 aromatic carbocycles. The zero-order valence-corrected chi connectivity index (χ0v) is 13.2. The SMILES string of the molecule is COCC(=O)NCc1nnc(C(=O)Nc2cccc(Cl)c2)s1. The van der Waals surface area contributed by atoms with Crippen molar-refractivity contribution in [2.75, 3.05) is 19.0 Å². The van der Waals surface area contributed by atoms with Gasteiger partial charge in [0.25, 0.3) is 5.91 Å². The van der Waals surface area contributed by atoms with Crippen molar-refractivity contribution in [2.45, 2.75) is 6.54 Å². The molecule has 2 rings (SSSR count). The summed E-state index contributed by atoms with van der Waals surface area (Å²) in [7, 11) is 1.43. The molecule has 0 radical (unpaired) electrons. The monoisotopic (exact) mass is 340 g/mol. The van der Waals surface area contributed by atoms with E-state index in [9.17, 15) is 9.59 Å². The highest BCUT2D eigenvalue weighted by Crippen LogP contribution is 2.17. The van der Waals surface area contributed by atoms with E-state index in [1.165, 1.54) is 7.11 Å². The zero-order chi connectivity index (χ0) is 15.9. The molecule has 0 spiro atoms. The summed E-state index contributed by atoms with van der Waals surface area (Å²) < 4.78 is 4.69. The van der Waals surface area contributed by atoms with E-state index in [1.54, 1.807) is 24.3 Å². The second-order valence-corrected chi connectivity index (χ2v) is 5.67. The number of methoxy groups -OCH3 is 1. The summed E-state index contributed by atoms with van der Waals surface area (Å²) in [6, 6.07) is 6.79. The fourth-order valence-corrected chi connectivity index (χ4v) is 2.39. The standard InChI is InChI=1S/C13H13ClN4O3S/c1-21-7-10(19)15-6-11-17-18-13(22-11)12(20)16-9-4-2-3-8(14)5-9/h2-5H,6-7H2,1H3,(H,15,19)(H,16,20). The fraction of sp³-hybridized carbons (Fsp3) is 0.231. The van der Waals surface area contributed by atoms with Crippen LogP contribution >= 0.6 is 22.9 Å². The van der Waals surface area contributed by atoms with Gasteiger partial charge in [-0.05, 0) is 18.2 Å². The number of nitrogens with one attached hydrogen (secondary N) is 2. The highest BCUT2D eigenvalue weighted by Gasteiger charge is 2.13. The number of benzene rings is 1. The third-order valence-corrected chi connectivity index (χ3v) is 3.61. The maximum Gasteiger partial charge on any atom is 0.286 e. The molecule has 1 aromatic heterocycles. The third-order valence-electron chi connectivity index (χ3n) is 2.46. The average Bonchev–Trinajstić information content (AvgIpc) is 2.94. The highest BCUT2D eigenvalue weighted by molar-refractivity contribution is 7.13. The third kappa shape index (κ3) is 4.76. The second kappa shape index (κ2) is 7.83. The van der Waals surface area contributed by atoms with Crippen molar-refractivity contribution in [2.24, 2.45) is 0 Å². The molecule has 22 heavy (non-hydrogen) atoms. The lowest BCUT2D eigenvalue weighted by molar-refractivity contribution is -0.124. The molecule has 0 aliphatic rings. The summed E-state index contributed by atoms with van der Waals surface area (Å²) in [4.78, 5) is 23.3. The molecule has 0 saturated heterocycles. The quantitative estimate of drug-likeness (QED) is 0.835. The lowest BCUT2D eigenvalue weighted by Gasteiger charge is -2.02. The van der Waals surface area contributed by atoms with Gasteiger partial charge in [0.15, 0.2) is 0 Å². The van der Waals surface area contributed by atoms with E-state index in [-0.39, 0.29) is 30.0 Å². The van der Waals surface area contributed by atoms with Crippen molar-refractivity contribution in [1.82, 2.24) is 15.5 Å². The van der Waals surface area contributed by atoms with Crippen LogP contribution < -0.4 is 10.6 Å². The summed E-state index contributed by atoms with van der Waals surface area (Å²) in [6.45, 7) is 0.172. The van der Waals surface area contributed by atoms with Crippen molar-refractivity contribution >= 4 is 40.4 Å². The molecule has 116 valence electrons. The molecule has 0 aliphatic carbocycles. The Morgan fingerprint density at radius 1 is 1.36 bits per heavy atom. The minimum Gasteiger partial charge on any atom is -0.375 e. The number of rotatable bonds is 6. The Balaban J connectivity index is 1.93. The van der Waals surface area contributed by atoms with E-state index in [0.717, 1.165) is 11.3 Å². The van der Waals surface area contributed by atoms with Gasteiger partial charge in [-0.3, -0.25) is 9.59 Å². The molecule has 2 N–H and O–H groups in total. The first-order chi connectivity index (χ1) is 10.6. The number of carbonyl (C=O) groups is 2. The average molecular weight is 341 g/mol. The minimum absolute atomic E-state index is 0.0269. The van der Waals surface area contributed by atoms with Crippen molar-refractivity contribution in [3.8, 4) is 0 Å². The van der Waals surface area contributed by atoms with Gasteiger partial charge in [0.2, 0.25) is 10.9 Å². The van der Waals surface area contributed by atoms with Gasteiger partial charge in [-0.1, -0.05) is 29.0 Å². The molecule has 2 aromatic rings. The molecule has 9 heteroatoms. The Bertz CT molecular complexity index is 677. The molecule has 0 atom stereocenters. The van der Waals surface area contributed by atoms with Crippen LogP contribution in [0.15, 0.2) is 24.3 Å². The van der Waals surface area contributed by atoms with Crippen LogP contribution in [0.25, 0.3) is 0 Å². The molecular weight excluding hydrogens is 328 g/mol. The number of halogens is 1. The van der Waals surface area contributed by atoms with E-state index in [2.05, 4.69) is 20.8 Å². The highest BCUT2D eigenvalue weighted by atomic mass is 35.5. The summed E-state index contributed by atoms with van der Waals surface area (Å²) in [5.41, 5.74) is 0.572. The van der Waals surface area contributed by atoms with Gasteiger partial charge in [0.1, 0.15) is 11.6 Å². The normalized spacial score (nSPS) is 10.3. The van der Waals surface area contributed by atoms with Crippen LogP contribution in [-0.4, -0.2) is 35.7 Å². The van der Waals surface area contributed by atoms with Crippen molar-refractivity contribution in [3.63, 3.8) is 0 Å². The number of ether oxygens (including phenoxy) is 1. The molecular formula is C13H13ClN4O3S. The topological polar surface area (TPSA) is 93.2 Å². The van der Waals surface area contributed by atoms with Gasteiger partial charge >= 0.3 is 0 Å². The molecule has 0 unspecified atom stereocenters. The van der Waals surface area contributed by atoms with Crippen molar-refractivity contribution in [1.29, 1.82) is 0 Å². The first-order valence-corrected chi connectivity index (χ1v) is 7.43. The first kappa shape index (κ1) is 16.3. The van der Waals surface area contributed by atoms with Crippen molar-refractivity contribution < 1.29 is 14.3 Å². The molecule has 1 heterocycles. The summed E-state index contributed by atoms with van der Waals surface area (Å²) in [5.74, 6) is -0.642. The van der Waals surface area contributed by atoms with E-state index in [4.69, 9.17) is 16.3 Å². The summed E-state index contributed by atoms with van der Waals surface area (Å²) in [6.07, 6.45) is 0. The maximum atomic E-state index is 12.0. The summed E-state index contributed by atoms with van der Waals surface area (Å²) >= 11 is 6.95. The smallest absolute Gasteiger partial charge is 0.286 e. The predicted molar refractivity (Wildman–Crippen MR) is 83.0 cm³/mol. The molecule has 2 amide bonds. The number of amides is 2. The number of carbonyl (C=O) groups excluding carboxylic acids is 2. The van der Waals surface area contributed by atoms with Crippen LogP contribution in [0, 0.1) is 0 Å². The van der Waals surface area contributed by atoms with Crippen molar-refractivity contribution in [3.05, 3.63) is 39.3 Å². The van der Waals surface area contributed by atoms with Crippen LogP contribution in [0.2, 0.25) is 5.02 Å². The van der Waals surface area contributed by atoms with E-state index in [0.29, 0.717) is 15.7 Å². The minimum atomic E-state index is -0.380. The fourth-order valence-electron chi connectivity index (χ4n) is 1.52.